The second kappa shape index (κ2) is 11.8. The first-order valence-corrected chi connectivity index (χ1v) is 8.29. The lowest BCUT2D eigenvalue weighted by atomic mass is 10.1. The number of aryl methyl sites for hydroxylation is 1. The minimum Gasteiger partial charge on any atom is -0.494 e. The number of rotatable bonds is 12. The summed E-state index contributed by atoms with van der Waals surface area (Å²) in [6.07, 6.45) is 8.56. The van der Waals surface area contributed by atoms with Crippen molar-refractivity contribution in [2.75, 3.05) is 19.7 Å². The van der Waals surface area contributed by atoms with E-state index in [2.05, 4.69) is 43.4 Å². The second-order valence-electron chi connectivity index (χ2n) is 5.41. The van der Waals surface area contributed by atoms with E-state index in [0.717, 1.165) is 31.9 Å². The van der Waals surface area contributed by atoms with Crippen LogP contribution < -0.4 is 10.1 Å². The molecule has 0 radical (unpaired) electrons. The molecule has 0 saturated heterocycles. The normalized spacial score (nSPS) is 10.7. The molecule has 0 bridgehead atoms. The zero-order chi connectivity index (χ0) is 14.5. The Morgan fingerprint density at radius 2 is 1.65 bits per heavy atom. The Bertz CT molecular complexity index is 321. The lowest BCUT2D eigenvalue weighted by Gasteiger charge is -2.07. The minimum absolute atomic E-state index is 0.835. The predicted molar refractivity (Wildman–Crippen MR) is 87.6 cm³/mol. The van der Waals surface area contributed by atoms with Crippen molar-refractivity contribution in [1.82, 2.24) is 5.32 Å². The molecule has 0 amide bonds. The van der Waals surface area contributed by atoms with E-state index in [1.54, 1.807) is 0 Å². The van der Waals surface area contributed by atoms with Gasteiger partial charge in [-0.25, -0.2) is 0 Å². The highest BCUT2D eigenvalue weighted by Gasteiger charge is 1.96. The van der Waals surface area contributed by atoms with E-state index in [4.69, 9.17) is 4.74 Å². The average Bonchev–Trinajstić information content (AvgIpc) is 2.49. The molecule has 0 saturated carbocycles. The Balaban J connectivity index is 2.04. The number of hydrogen-bond acceptors (Lipinski definition) is 2. The predicted octanol–water partition coefficient (Wildman–Crippen LogP) is 4.58. The molecule has 0 aliphatic rings. The van der Waals surface area contributed by atoms with Gasteiger partial charge in [0.05, 0.1) is 6.61 Å². The SMILES string of the molecule is CCCCc1ccc(OCCCCCNCCC)cc1. The Kier molecular flexibility index (Phi) is 10.0. The first-order chi connectivity index (χ1) is 9.86. The van der Waals surface area contributed by atoms with Crippen LogP contribution in [0, 0.1) is 0 Å². The lowest BCUT2D eigenvalue weighted by molar-refractivity contribution is 0.305. The topological polar surface area (TPSA) is 21.3 Å². The fourth-order valence-corrected chi connectivity index (χ4v) is 2.15. The van der Waals surface area contributed by atoms with Crippen LogP contribution in [0.5, 0.6) is 5.75 Å². The van der Waals surface area contributed by atoms with Crippen molar-refractivity contribution in [2.45, 2.75) is 58.8 Å². The van der Waals surface area contributed by atoms with E-state index >= 15 is 0 Å². The summed E-state index contributed by atoms with van der Waals surface area (Å²) in [6, 6.07) is 8.60. The number of ether oxygens (including phenoxy) is 1. The molecule has 0 atom stereocenters. The number of benzene rings is 1. The third-order valence-electron chi connectivity index (χ3n) is 3.44. The van der Waals surface area contributed by atoms with Gasteiger partial charge >= 0.3 is 0 Å². The van der Waals surface area contributed by atoms with E-state index in [-0.39, 0.29) is 0 Å². The molecule has 0 unspecified atom stereocenters. The summed E-state index contributed by atoms with van der Waals surface area (Å²) in [5, 5.41) is 3.43. The Labute approximate surface area is 124 Å². The smallest absolute Gasteiger partial charge is 0.119 e. The largest absolute Gasteiger partial charge is 0.494 e. The van der Waals surface area contributed by atoms with Crippen molar-refractivity contribution in [1.29, 1.82) is 0 Å². The molecular formula is C18H31NO. The first kappa shape index (κ1) is 17.0. The molecule has 1 aromatic carbocycles. The number of hydrogen-bond donors (Lipinski definition) is 1. The van der Waals surface area contributed by atoms with Gasteiger partial charge in [0.25, 0.3) is 0 Å². The summed E-state index contributed by atoms with van der Waals surface area (Å²) in [5.41, 5.74) is 1.42. The van der Waals surface area contributed by atoms with Crippen molar-refractivity contribution in [2.24, 2.45) is 0 Å². The van der Waals surface area contributed by atoms with Gasteiger partial charge in [-0.2, -0.15) is 0 Å². The van der Waals surface area contributed by atoms with Crippen LogP contribution >= 0.6 is 0 Å². The second-order valence-corrected chi connectivity index (χ2v) is 5.41. The molecule has 0 aliphatic heterocycles. The van der Waals surface area contributed by atoms with Gasteiger partial charge in [0.2, 0.25) is 0 Å². The molecule has 0 aromatic heterocycles. The zero-order valence-electron chi connectivity index (χ0n) is 13.3. The van der Waals surface area contributed by atoms with Crippen LogP contribution in [0.25, 0.3) is 0 Å². The van der Waals surface area contributed by atoms with Crippen molar-refractivity contribution in [3.8, 4) is 5.75 Å². The molecule has 1 aromatic rings. The summed E-state index contributed by atoms with van der Waals surface area (Å²) in [6.45, 7) is 7.55. The van der Waals surface area contributed by atoms with Crippen molar-refractivity contribution in [3.05, 3.63) is 29.8 Å². The van der Waals surface area contributed by atoms with Gasteiger partial charge in [0.1, 0.15) is 5.75 Å². The molecular weight excluding hydrogens is 246 g/mol. The van der Waals surface area contributed by atoms with E-state index in [0.29, 0.717) is 0 Å². The zero-order valence-corrected chi connectivity index (χ0v) is 13.3. The first-order valence-electron chi connectivity index (χ1n) is 8.29. The van der Waals surface area contributed by atoms with Crippen LogP contribution in [-0.2, 0) is 6.42 Å². The molecule has 0 aliphatic carbocycles. The summed E-state index contributed by atoms with van der Waals surface area (Å²) < 4.78 is 5.77. The van der Waals surface area contributed by atoms with E-state index < -0.39 is 0 Å². The molecule has 0 spiro atoms. The third-order valence-corrected chi connectivity index (χ3v) is 3.44. The lowest BCUT2D eigenvalue weighted by Crippen LogP contribution is -2.15. The molecule has 114 valence electrons. The summed E-state index contributed by atoms with van der Waals surface area (Å²) in [5.74, 6) is 1.01. The highest BCUT2D eigenvalue weighted by atomic mass is 16.5. The van der Waals surface area contributed by atoms with Gasteiger partial charge in [-0.1, -0.05) is 32.4 Å². The van der Waals surface area contributed by atoms with Crippen LogP contribution in [0.4, 0.5) is 0 Å². The minimum atomic E-state index is 0.835. The molecule has 2 nitrogen and oxygen atoms in total. The van der Waals surface area contributed by atoms with Crippen LogP contribution in [0.1, 0.15) is 57.9 Å². The van der Waals surface area contributed by atoms with Crippen LogP contribution in [-0.4, -0.2) is 19.7 Å². The van der Waals surface area contributed by atoms with Gasteiger partial charge in [-0.05, 0) is 69.3 Å². The maximum atomic E-state index is 5.77. The standard InChI is InChI=1S/C18H31NO/c1-3-5-9-17-10-12-18(13-11-17)20-16-8-6-7-15-19-14-4-2/h10-13,19H,3-9,14-16H2,1-2H3. The number of unbranched alkanes of at least 4 members (excludes halogenated alkanes) is 3. The van der Waals surface area contributed by atoms with Gasteiger partial charge in [0.15, 0.2) is 0 Å². The fourth-order valence-electron chi connectivity index (χ4n) is 2.15. The van der Waals surface area contributed by atoms with Crippen LogP contribution in [0.2, 0.25) is 0 Å². The van der Waals surface area contributed by atoms with Gasteiger partial charge < -0.3 is 10.1 Å². The quantitative estimate of drug-likeness (QED) is 0.565. The van der Waals surface area contributed by atoms with Crippen molar-refractivity contribution < 1.29 is 4.74 Å². The maximum absolute atomic E-state index is 5.77. The number of nitrogens with one attached hydrogen (secondary N) is 1. The fraction of sp³-hybridized carbons (Fsp3) is 0.667. The van der Waals surface area contributed by atoms with E-state index in [9.17, 15) is 0 Å². The molecule has 20 heavy (non-hydrogen) atoms. The third kappa shape index (κ3) is 8.21. The Hall–Kier alpha value is -1.02. The average molecular weight is 277 g/mol. The van der Waals surface area contributed by atoms with Crippen molar-refractivity contribution >= 4 is 0 Å². The molecule has 0 fully saturated rings. The molecule has 2 heteroatoms. The Morgan fingerprint density at radius 1 is 0.850 bits per heavy atom. The molecule has 0 heterocycles. The monoisotopic (exact) mass is 277 g/mol. The van der Waals surface area contributed by atoms with E-state index in [1.165, 1.54) is 44.1 Å². The highest BCUT2D eigenvalue weighted by molar-refractivity contribution is 5.27. The van der Waals surface area contributed by atoms with Crippen LogP contribution in [0.3, 0.4) is 0 Å². The van der Waals surface area contributed by atoms with Crippen molar-refractivity contribution in [3.63, 3.8) is 0 Å². The summed E-state index contributed by atoms with van der Waals surface area (Å²) in [7, 11) is 0. The molecule has 1 N–H and O–H groups in total. The van der Waals surface area contributed by atoms with Gasteiger partial charge in [-0.15, -0.1) is 0 Å². The highest BCUT2D eigenvalue weighted by Crippen LogP contribution is 2.14. The maximum Gasteiger partial charge on any atom is 0.119 e. The Morgan fingerprint density at radius 3 is 2.35 bits per heavy atom. The van der Waals surface area contributed by atoms with Gasteiger partial charge in [0, 0.05) is 0 Å². The summed E-state index contributed by atoms with van der Waals surface area (Å²) in [4.78, 5) is 0. The molecule has 1 rings (SSSR count). The van der Waals surface area contributed by atoms with Gasteiger partial charge in [-0.3, -0.25) is 0 Å². The summed E-state index contributed by atoms with van der Waals surface area (Å²) >= 11 is 0. The van der Waals surface area contributed by atoms with E-state index in [1.807, 2.05) is 0 Å². The van der Waals surface area contributed by atoms with Crippen LogP contribution in [0.15, 0.2) is 24.3 Å².